The Balaban J connectivity index is 0.815. The SMILES string of the molecule is Cn1c(=O)cc2c3c(c(Nc4cc(Nc5nc(NCCNc6nc(Nc7cc(Nc8ccc9c%10c(cc(=O)n9C)-c9ccccc9C(=O)c8%10)c(S(=O)(=O)O)cc7S(=O)(=O)O)nc(Oc7ccc(S(=O)(=O)O)cc7)n6)nc(Oc6ccc(S(=O)(=O)O)cc6)n5)c(S(=O)(=O)O)cc4S(=O)(=O)O)ccc31)C(=O)c1ccccc1-2. The van der Waals surface area contributed by atoms with Gasteiger partial charge < -0.3 is 50.5 Å². The van der Waals surface area contributed by atoms with Gasteiger partial charge in [0.1, 0.15) is 31.1 Å². The van der Waals surface area contributed by atoms with Crippen LogP contribution in [0.5, 0.6) is 23.5 Å². The van der Waals surface area contributed by atoms with E-state index in [1.54, 1.807) is 36.4 Å². The predicted octanol–water partition coefficient (Wildman–Crippen LogP) is 7.75. The van der Waals surface area contributed by atoms with E-state index < -0.39 is 171 Å². The number of anilines is 10. The topological polar surface area (TPSA) is 572 Å². The van der Waals surface area contributed by atoms with Gasteiger partial charge in [0.05, 0.1) is 66.1 Å². The van der Waals surface area contributed by atoms with E-state index in [2.05, 4.69) is 61.8 Å². The molecule has 0 saturated heterocycles. The van der Waals surface area contributed by atoms with Crippen LogP contribution in [0.25, 0.3) is 44.1 Å². The summed E-state index contributed by atoms with van der Waals surface area (Å²) in [6.07, 6.45) is 0. The summed E-state index contributed by atoms with van der Waals surface area (Å²) in [6.45, 7) is -0.703. The second-order valence-corrected chi connectivity index (χ2v) is 32.4. The van der Waals surface area contributed by atoms with Crippen molar-refractivity contribution in [1.82, 2.24) is 39.0 Å². The van der Waals surface area contributed by atoms with Crippen LogP contribution in [0.15, 0.2) is 197 Å². The Morgan fingerprint density at radius 3 is 0.982 bits per heavy atom. The molecule has 110 heavy (non-hydrogen) atoms. The fourth-order valence-corrected chi connectivity index (χ4v) is 15.9. The van der Waals surface area contributed by atoms with E-state index in [0.717, 1.165) is 60.7 Å². The minimum atomic E-state index is -5.54. The molecule has 0 fully saturated rings. The lowest BCUT2D eigenvalue weighted by atomic mass is 9.83. The number of carbonyl (C=O) groups is 2. The third-order valence-corrected chi connectivity index (χ3v) is 22.4. The molecule has 0 spiro atoms. The third kappa shape index (κ3) is 14.5. The number of benzene rings is 8. The highest BCUT2D eigenvalue weighted by Crippen LogP contribution is 2.46. The van der Waals surface area contributed by atoms with Gasteiger partial charge >= 0.3 is 12.0 Å². The maximum atomic E-state index is 14.5. The van der Waals surface area contributed by atoms with Crippen molar-refractivity contribution in [2.24, 2.45) is 14.1 Å². The lowest BCUT2D eigenvalue weighted by molar-refractivity contribution is 0.103. The number of nitrogens with zero attached hydrogens (tertiary/aromatic N) is 8. The number of hydrogen-bond donors (Lipinski definition) is 12. The Morgan fingerprint density at radius 1 is 0.336 bits per heavy atom. The summed E-state index contributed by atoms with van der Waals surface area (Å²) in [5.74, 6) is -3.93. The Labute approximate surface area is 619 Å². The van der Waals surface area contributed by atoms with Crippen molar-refractivity contribution in [3.8, 4) is 45.8 Å². The van der Waals surface area contributed by atoms with Crippen LogP contribution < -0.4 is 52.5 Å². The summed E-state index contributed by atoms with van der Waals surface area (Å²) in [5.41, 5.74) is -1.75. The second kappa shape index (κ2) is 27.3. The number of nitrogens with one attached hydrogen (secondary N) is 6. The minimum absolute atomic E-state index is 0.0852. The predicted molar refractivity (Wildman–Crippen MR) is 391 cm³/mol. The van der Waals surface area contributed by atoms with E-state index in [4.69, 9.17) is 9.47 Å². The summed E-state index contributed by atoms with van der Waals surface area (Å²) in [4.78, 5) is 74.9. The van der Waals surface area contributed by atoms with E-state index in [-0.39, 0.29) is 80.0 Å². The van der Waals surface area contributed by atoms with Gasteiger partial charge in [0, 0.05) is 61.2 Å². The second-order valence-electron chi connectivity index (χ2n) is 24.0. The number of aromatic nitrogens is 8. The van der Waals surface area contributed by atoms with Crippen molar-refractivity contribution in [2.75, 3.05) is 45.0 Å². The molecule has 0 unspecified atom stereocenters. The van der Waals surface area contributed by atoms with Gasteiger partial charge in [-0.2, -0.15) is 80.4 Å². The van der Waals surface area contributed by atoms with Crippen LogP contribution in [0.1, 0.15) is 31.8 Å². The van der Waals surface area contributed by atoms with Crippen molar-refractivity contribution in [1.29, 1.82) is 0 Å². The largest absolute Gasteiger partial charge is 0.424 e. The number of carbonyl (C=O) groups excluding carboxylic acids is 2. The molecule has 2 aliphatic rings. The van der Waals surface area contributed by atoms with Gasteiger partial charge in [-0.1, -0.05) is 48.5 Å². The lowest BCUT2D eigenvalue weighted by Crippen LogP contribution is -2.21. The molecular formula is C66H48N14O24S6. The zero-order valence-electron chi connectivity index (χ0n) is 55.5. The molecular weight excluding hydrogens is 1570 g/mol. The van der Waals surface area contributed by atoms with Gasteiger partial charge in [-0.15, -0.1) is 0 Å². The third-order valence-electron chi connectivity index (χ3n) is 17.1. The summed E-state index contributed by atoms with van der Waals surface area (Å²) >= 11 is 0. The van der Waals surface area contributed by atoms with Crippen LogP contribution in [-0.4, -0.2) is 142 Å². The van der Waals surface area contributed by atoms with Crippen molar-refractivity contribution in [3.63, 3.8) is 0 Å². The van der Waals surface area contributed by atoms with Crippen molar-refractivity contribution >= 4 is 152 Å². The average molecular weight is 1610 g/mol. The lowest BCUT2D eigenvalue weighted by Gasteiger charge is -2.24. The Bertz CT molecular complexity index is 6500. The monoisotopic (exact) mass is 1610 g/mol. The first-order valence-corrected chi connectivity index (χ1v) is 39.9. The molecule has 0 radical (unpaired) electrons. The normalized spacial score (nSPS) is 12.8. The fraction of sp³-hybridized carbons (Fsp3) is 0.0606. The van der Waals surface area contributed by atoms with Crippen LogP contribution in [0, 0.1) is 0 Å². The number of pyridine rings is 2. The number of ether oxygens (including phenoxy) is 2. The maximum Gasteiger partial charge on any atom is 0.328 e. The van der Waals surface area contributed by atoms with E-state index in [1.807, 2.05) is 0 Å². The van der Waals surface area contributed by atoms with Crippen LogP contribution in [0.3, 0.4) is 0 Å². The zero-order chi connectivity index (χ0) is 78.6. The summed E-state index contributed by atoms with van der Waals surface area (Å²) < 4.78 is 230. The van der Waals surface area contributed by atoms with Crippen LogP contribution >= 0.6 is 0 Å². The fourth-order valence-electron chi connectivity index (χ4n) is 12.2. The summed E-state index contributed by atoms with van der Waals surface area (Å²) in [7, 11) is -28.6. The number of aryl methyl sites for hydroxylation is 2. The van der Waals surface area contributed by atoms with E-state index >= 15 is 0 Å². The van der Waals surface area contributed by atoms with E-state index in [9.17, 15) is 97.0 Å². The molecule has 2 aliphatic carbocycles. The van der Waals surface area contributed by atoms with Gasteiger partial charge in [-0.25, -0.2) is 0 Å². The van der Waals surface area contributed by atoms with Gasteiger partial charge in [0.2, 0.25) is 23.8 Å². The highest BCUT2D eigenvalue weighted by Gasteiger charge is 2.35. The molecule has 0 bridgehead atoms. The molecule has 14 rings (SSSR count). The maximum absolute atomic E-state index is 14.5. The molecule has 562 valence electrons. The van der Waals surface area contributed by atoms with Gasteiger partial charge in [-0.05, 0) is 119 Å². The molecule has 0 saturated carbocycles. The smallest absolute Gasteiger partial charge is 0.328 e. The van der Waals surface area contributed by atoms with E-state index in [1.165, 1.54) is 71.8 Å². The van der Waals surface area contributed by atoms with Crippen LogP contribution in [-0.2, 0) is 74.8 Å². The van der Waals surface area contributed by atoms with Crippen molar-refractivity contribution in [2.45, 2.75) is 29.4 Å². The minimum Gasteiger partial charge on any atom is -0.424 e. The van der Waals surface area contributed by atoms with Crippen molar-refractivity contribution < 1.29 is 96.9 Å². The molecule has 12 N–H and O–H groups in total. The Kier molecular flexibility index (Phi) is 18.4. The number of fused-ring (bicyclic) bond motifs is 4. The summed E-state index contributed by atoms with van der Waals surface area (Å²) in [6, 6.07) is 29.7. The molecule has 8 aromatic carbocycles. The summed E-state index contributed by atoms with van der Waals surface area (Å²) in [5, 5.41) is 16.8. The van der Waals surface area contributed by atoms with Gasteiger partial charge in [0.25, 0.3) is 71.8 Å². The highest BCUT2D eigenvalue weighted by molar-refractivity contribution is 7.87. The van der Waals surface area contributed by atoms with Crippen molar-refractivity contribution in [3.05, 3.63) is 201 Å². The first kappa shape index (κ1) is 74.3. The quantitative estimate of drug-likeness (QED) is 0.0215. The van der Waals surface area contributed by atoms with Crippen LogP contribution in [0.4, 0.5) is 57.9 Å². The number of ketones is 2. The van der Waals surface area contributed by atoms with Gasteiger partial charge in [0.15, 0.2) is 11.6 Å². The molecule has 4 aromatic heterocycles. The Morgan fingerprint density at radius 2 is 0.655 bits per heavy atom. The first-order valence-electron chi connectivity index (χ1n) is 31.2. The van der Waals surface area contributed by atoms with Gasteiger partial charge in [-0.3, -0.25) is 46.5 Å². The molecule has 4 heterocycles. The Hall–Kier alpha value is -12.6. The zero-order valence-corrected chi connectivity index (χ0v) is 60.4. The van der Waals surface area contributed by atoms with E-state index in [0.29, 0.717) is 34.4 Å². The van der Waals surface area contributed by atoms with Crippen LogP contribution in [0.2, 0.25) is 0 Å². The first-order chi connectivity index (χ1) is 51.7. The molecule has 0 atom stereocenters. The molecule has 12 aromatic rings. The average Bonchev–Trinajstić information content (AvgIpc) is 0.724. The molecule has 44 heteroatoms. The number of hydrogen-bond acceptors (Lipinski definition) is 30. The number of rotatable bonds is 23. The molecule has 0 amide bonds. The highest BCUT2D eigenvalue weighted by atomic mass is 32.2. The standard InChI is InChI=1S/C66H48N14O24S6/c1-79-47-21-19-41(57-55(47)39(25-53(79)81)35-7-3-5-9-37(35)59(57)83)69-43-27-45(51(109(97,98)99)29-49(43)107(91,92)93)71-63-73-61(75-65(77-63)103-31-11-15-33(16-12-31)105(85,86)87)67-23-24-68-62-74-64(78-66(76-62)104-32-13-17-34(18-14-32)106(88,89)90)72-46-28-44(50(108(94,95)96)30-52(46)110(100,101)102)70-42-20-22-48-56-40(26-54(82)80(48)2)36-8-4-6-10-38(36)60(84)58(42)56/h3-22,25-30,69-70H,23-24H2,1-2H3,(H,85,86,87)(H,88,89,90)(H,91,92,93)(H,94,95,96)(H,97,98,99)(H,100,101,102)(H2,67,71,73,75,77)(H2,68,72,74,76,78). The molecule has 38 nitrogen and oxygen atoms in total. The molecule has 0 aliphatic heterocycles.